The van der Waals surface area contributed by atoms with Crippen molar-refractivity contribution in [3.63, 3.8) is 0 Å². The molecule has 1 aliphatic heterocycles. The fourth-order valence-corrected chi connectivity index (χ4v) is 6.12. The second kappa shape index (κ2) is 5.26. The van der Waals surface area contributed by atoms with E-state index in [-0.39, 0.29) is 11.0 Å². The molecule has 3 nitrogen and oxygen atoms in total. The summed E-state index contributed by atoms with van der Waals surface area (Å²) in [6, 6.07) is 3.93. The highest BCUT2D eigenvalue weighted by Gasteiger charge is 2.70. The third-order valence-corrected chi connectivity index (χ3v) is 7.45. The van der Waals surface area contributed by atoms with Crippen LogP contribution in [0.2, 0.25) is 0 Å². The second-order valence-corrected chi connectivity index (χ2v) is 9.17. The Labute approximate surface area is 150 Å². The lowest BCUT2D eigenvalue weighted by Gasteiger charge is -2.63. The molecule has 0 bridgehead atoms. The molecule has 0 saturated heterocycles. The SMILES string of the molecule is C=C(C)[C@H](O)CC[C@@]1(C)[C@@H]2c3c(O)cc(C)cc3O[C@]3(C)CC[C@H]1[C@H]23. The molecule has 2 saturated carbocycles. The molecule has 0 spiro atoms. The molecular formula is C22H30O3. The number of ether oxygens (including phenoxy) is 1. The van der Waals surface area contributed by atoms with E-state index in [0.29, 0.717) is 23.5 Å². The topological polar surface area (TPSA) is 49.7 Å². The van der Waals surface area contributed by atoms with Crippen molar-refractivity contribution >= 4 is 0 Å². The van der Waals surface area contributed by atoms with Crippen LogP contribution >= 0.6 is 0 Å². The molecule has 0 unspecified atom stereocenters. The highest BCUT2D eigenvalue weighted by Crippen LogP contribution is 2.75. The van der Waals surface area contributed by atoms with Crippen LogP contribution in [-0.4, -0.2) is 21.9 Å². The Bertz CT molecular complexity index is 739. The molecule has 1 aromatic carbocycles. The lowest BCUT2D eigenvalue weighted by molar-refractivity contribution is -0.136. The number of aryl methyl sites for hydroxylation is 1. The van der Waals surface area contributed by atoms with Gasteiger partial charge in [-0.3, -0.25) is 0 Å². The van der Waals surface area contributed by atoms with E-state index in [4.69, 9.17) is 4.74 Å². The molecule has 1 heterocycles. The van der Waals surface area contributed by atoms with E-state index in [0.717, 1.165) is 41.7 Å². The number of phenols is 1. The van der Waals surface area contributed by atoms with Gasteiger partial charge in [-0.1, -0.05) is 19.1 Å². The van der Waals surface area contributed by atoms with Gasteiger partial charge in [0, 0.05) is 17.4 Å². The van der Waals surface area contributed by atoms with Crippen molar-refractivity contribution in [3.8, 4) is 11.5 Å². The standard InChI is InChI=1S/C22H30O3/c1-12(2)15(23)7-8-21(4)14-6-9-22(5)19(14)20(21)18-16(24)10-13(3)11-17(18)25-22/h10-11,14-15,19-20,23-24H,1,6-9H2,2-5H3/t14-,15+,19+,20+,21+,22+/m0/s1. The molecule has 2 fully saturated rings. The molecular weight excluding hydrogens is 312 g/mol. The number of benzene rings is 1. The number of phenolic OH excluding ortho intramolecular Hbond substituents is 1. The van der Waals surface area contributed by atoms with E-state index >= 15 is 0 Å². The molecule has 0 aromatic heterocycles. The van der Waals surface area contributed by atoms with Crippen molar-refractivity contribution in [1.82, 2.24) is 0 Å². The summed E-state index contributed by atoms with van der Waals surface area (Å²) in [4.78, 5) is 0. The predicted octanol–water partition coefficient (Wildman–Crippen LogP) is 4.70. The zero-order valence-electron chi connectivity index (χ0n) is 15.8. The first-order valence-corrected chi connectivity index (χ1v) is 9.53. The zero-order valence-corrected chi connectivity index (χ0v) is 15.8. The predicted molar refractivity (Wildman–Crippen MR) is 99.0 cm³/mol. The number of fused-ring (bicyclic) bond motifs is 2. The van der Waals surface area contributed by atoms with Gasteiger partial charge in [0.05, 0.1) is 6.10 Å². The van der Waals surface area contributed by atoms with Crippen molar-refractivity contribution in [2.45, 2.75) is 71.0 Å². The van der Waals surface area contributed by atoms with Crippen molar-refractivity contribution in [2.75, 3.05) is 0 Å². The molecule has 2 aliphatic carbocycles. The van der Waals surface area contributed by atoms with Gasteiger partial charge in [-0.15, -0.1) is 0 Å². The second-order valence-electron chi connectivity index (χ2n) is 9.17. The third kappa shape index (κ3) is 2.21. The lowest BCUT2D eigenvalue weighted by Crippen LogP contribution is -2.60. The van der Waals surface area contributed by atoms with Crippen LogP contribution in [0.1, 0.15) is 63.5 Å². The normalized spacial score (nSPS) is 39.0. The van der Waals surface area contributed by atoms with Gasteiger partial charge in [-0.25, -0.2) is 0 Å². The minimum Gasteiger partial charge on any atom is -0.508 e. The molecule has 136 valence electrons. The summed E-state index contributed by atoms with van der Waals surface area (Å²) in [7, 11) is 0. The molecule has 1 aromatic rings. The van der Waals surface area contributed by atoms with Crippen molar-refractivity contribution < 1.29 is 14.9 Å². The minimum absolute atomic E-state index is 0.101. The summed E-state index contributed by atoms with van der Waals surface area (Å²) in [5, 5.41) is 20.9. The van der Waals surface area contributed by atoms with Gasteiger partial charge in [0.2, 0.25) is 0 Å². The summed E-state index contributed by atoms with van der Waals surface area (Å²) in [6.45, 7) is 12.4. The van der Waals surface area contributed by atoms with Crippen LogP contribution in [0, 0.1) is 24.2 Å². The molecule has 0 amide bonds. The number of aliphatic hydroxyl groups is 1. The lowest BCUT2D eigenvalue weighted by atomic mass is 9.43. The number of rotatable bonds is 4. The maximum Gasteiger partial charge on any atom is 0.127 e. The smallest absolute Gasteiger partial charge is 0.127 e. The van der Waals surface area contributed by atoms with E-state index < -0.39 is 6.10 Å². The average molecular weight is 342 g/mol. The van der Waals surface area contributed by atoms with Crippen LogP contribution in [-0.2, 0) is 0 Å². The Balaban J connectivity index is 1.74. The Morgan fingerprint density at radius 2 is 2.12 bits per heavy atom. The Morgan fingerprint density at radius 1 is 1.40 bits per heavy atom. The van der Waals surface area contributed by atoms with Crippen LogP contribution in [0.4, 0.5) is 0 Å². The first-order valence-electron chi connectivity index (χ1n) is 9.53. The van der Waals surface area contributed by atoms with Crippen LogP contribution in [0.3, 0.4) is 0 Å². The maximum absolute atomic E-state index is 10.7. The number of hydrogen-bond donors (Lipinski definition) is 2. The summed E-state index contributed by atoms with van der Waals surface area (Å²) >= 11 is 0. The van der Waals surface area contributed by atoms with Crippen LogP contribution in [0.5, 0.6) is 11.5 Å². The molecule has 3 heteroatoms. The summed E-state index contributed by atoms with van der Waals surface area (Å²) in [5.74, 6) is 2.63. The molecule has 3 aliphatic rings. The molecule has 0 radical (unpaired) electrons. The molecule has 25 heavy (non-hydrogen) atoms. The highest BCUT2D eigenvalue weighted by atomic mass is 16.5. The van der Waals surface area contributed by atoms with Gasteiger partial charge in [0.15, 0.2) is 0 Å². The summed E-state index contributed by atoms with van der Waals surface area (Å²) in [6.07, 6.45) is 3.51. The van der Waals surface area contributed by atoms with E-state index in [2.05, 4.69) is 26.5 Å². The van der Waals surface area contributed by atoms with E-state index in [9.17, 15) is 10.2 Å². The summed E-state index contributed by atoms with van der Waals surface area (Å²) in [5.41, 5.74) is 2.85. The zero-order chi connectivity index (χ0) is 18.1. The number of hydrogen-bond acceptors (Lipinski definition) is 3. The fourth-order valence-electron chi connectivity index (χ4n) is 6.12. The van der Waals surface area contributed by atoms with Crippen molar-refractivity contribution in [1.29, 1.82) is 0 Å². The van der Waals surface area contributed by atoms with Crippen molar-refractivity contribution in [3.05, 3.63) is 35.4 Å². The number of aliphatic hydroxyl groups excluding tert-OH is 1. The average Bonchev–Trinajstić information content (AvgIpc) is 2.85. The van der Waals surface area contributed by atoms with Gasteiger partial charge < -0.3 is 14.9 Å². The monoisotopic (exact) mass is 342 g/mol. The Morgan fingerprint density at radius 3 is 2.80 bits per heavy atom. The molecule has 4 rings (SSSR count). The van der Waals surface area contributed by atoms with Crippen LogP contribution in [0.25, 0.3) is 0 Å². The van der Waals surface area contributed by atoms with Gasteiger partial charge in [0.25, 0.3) is 0 Å². The first kappa shape index (κ1) is 17.0. The maximum atomic E-state index is 10.7. The quantitative estimate of drug-likeness (QED) is 0.780. The minimum atomic E-state index is -0.436. The fraction of sp³-hybridized carbons (Fsp3) is 0.636. The van der Waals surface area contributed by atoms with E-state index in [1.165, 1.54) is 6.42 Å². The summed E-state index contributed by atoms with van der Waals surface area (Å²) < 4.78 is 6.44. The van der Waals surface area contributed by atoms with E-state index in [1.54, 1.807) is 0 Å². The Kier molecular flexibility index (Phi) is 3.57. The molecule has 2 N–H and O–H groups in total. The van der Waals surface area contributed by atoms with Crippen molar-refractivity contribution in [2.24, 2.45) is 17.3 Å². The van der Waals surface area contributed by atoms with Crippen LogP contribution in [0.15, 0.2) is 24.3 Å². The Hall–Kier alpha value is -1.48. The largest absolute Gasteiger partial charge is 0.508 e. The number of aromatic hydroxyl groups is 1. The van der Waals surface area contributed by atoms with Gasteiger partial charge in [-0.05, 0) is 75.5 Å². The third-order valence-electron chi connectivity index (χ3n) is 7.45. The first-order chi connectivity index (χ1) is 11.7. The highest BCUT2D eigenvalue weighted by molar-refractivity contribution is 5.54. The van der Waals surface area contributed by atoms with Gasteiger partial charge in [-0.2, -0.15) is 0 Å². The van der Waals surface area contributed by atoms with E-state index in [1.807, 2.05) is 19.9 Å². The van der Waals surface area contributed by atoms with Gasteiger partial charge in [0.1, 0.15) is 17.1 Å². The molecule has 6 atom stereocenters. The van der Waals surface area contributed by atoms with Crippen LogP contribution < -0.4 is 4.74 Å². The van der Waals surface area contributed by atoms with Gasteiger partial charge >= 0.3 is 0 Å².